The summed E-state index contributed by atoms with van der Waals surface area (Å²) in [6.07, 6.45) is 0. The molecule has 0 amide bonds. The fraction of sp³-hybridized carbons (Fsp3) is 0.0556. The van der Waals surface area contributed by atoms with Gasteiger partial charge < -0.3 is 5.11 Å². The highest BCUT2D eigenvalue weighted by Crippen LogP contribution is 2.23. The number of aryl methyl sites for hydroxylation is 1. The molecule has 0 radical (unpaired) electrons. The number of aromatic nitrogens is 2. The lowest BCUT2D eigenvalue weighted by Crippen LogP contribution is -2.13. The Labute approximate surface area is 147 Å². The number of benzene rings is 2. The number of H-pyrrole nitrogens is 1. The van der Waals surface area contributed by atoms with Gasteiger partial charge in [-0.3, -0.25) is 9.89 Å². The molecule has 0 atom stereocenters. The molecule has 2 aromatic carbocycles. The molecule has 0 aliphatic heterocycles. The van der Waals surface area contributed by atoms with E-state index in [2.05, 4.69) is 15.3 Å². The van der Waals surface area contributed by atoms with E-state index in [1.165, 1.54) is 16.8 Å². The average Bonchev–Trinajstić information content (AvgIpc) is 2.97. The minimum Gasteiger partial charge on any atom is -0.478 e. The molecule has 8 nitrogen and oxygen atoms in total. The number of carboxylic acids is 1. The zero-order chi connectivity index (χ0) is 18.7. The quantitative estimate of drug-likeness (QED) is 0.701. The van der Waals surface area contributed by atoms with Gasteiger partial charge in [-0.2, -0.15) is 5.26 Å². The van der Waals surface area contributed by atoms with Gasteiger partial charge in [0.1, 0.15) is 6.07 Å². The predicted octanol–water partition coefficient (Wildman–Crippen LogP) is 3.46. The zero-order valence-corrected chi connectivity index (χ0v) is 13.7. The largest absolute Gasteiger partial charge is 0.478 e. The van der Waals surface area contributed by atoms with Crippen LogP contribution in [0.3, 0.4) is 0 Å². The van der Waals surface area contributed by atoms with Crippen LogP contribution in [0.15, 0.2) is 63.6 Å². The molecule has 1 aromatic heterocycles. The average molecular weight is 347 g/mol. The van der Waals surface area contributed by atoms with Crippen LogP contribution in [-0.4, -0.2) is 20.9 Å². The smallest absolute Gasteiger partial charge is 0.335 e. The highest BCUT2D eigenvalue weighted by Gasteiger charge is 2.15. The van der Waals surface area contributed by atoms with E-state index >= 15 is 0 Å². The van der Waals surface area contributed by atoms with Crippen molar-refractivity contribution in [3.05, 3.63) is 75.7 Å². The number of aromatic amines is 1. The Balaban J connectivity index is 2.06. The van der Waals surface area contributed by atoms with E-state index in [1.54, 1.807) is 37.3 Å². The Hall–Kier alpha value is -3.99. The normalized spacial score (nSPS) is 10.8. The molecule has 1 heterocycles. The third-order valence-electron chi connectivity index (χ3n) is 3.71. The standard InChI is InChI=1S/C18H13N5O3/c1-11-7-8-12(18(25)26)9-14(11)20-21-16-15(10-19)22-23(17(16)24)13-5-3-2-4-6-13/h2-9,22H,1H3,(H,25,26). The fourth-order valence-electron chi connectivity index (χ4n) is 2.31. The van der Waals surface area contributed by atoms with Crippen molar-refractivity contribution in [2.45, 2.75) is 6.92 Å². The number of rotatable bonds is 4. The van der Waals surface area contributed by atoms with Crippen molar-refractivity contribution in [2.75, 3.05) is 0 Å². The molecular weight excluding hydrogens is 334 g/mol. The highest BCUT2D eigenvalue weighted by molar-refractivity contribution is 5.88. The number of nitriles is 1. The van der Waals surface area contributed by atoms with Crippen molar-refractivity contribution in [2.24, 2.45) is 10.2 Å². The van der Waals surface area contributed by atoms with Gasteiger partial charge in [0.2, 0.25) is 0 Å². The van der Waals surface area contributed by atoms with Crippen LogP contribution in [0.25, 0.3) is 5.69 Å². The fourth-order valence-corrected chi connectivity index (χ4v) is 2.31. The third-order valence-corrected chi connectivity index (χ3v) is 3.71. The van der Waals surface area contributed by atoms with Gasteiger partial charge >= 0.3 is 5.97 Å². The summed E-state index contributed by atoms with van der Waals surface area (Å²) in [5.74, 6) is -1.09. The molecule has 0 fully saturated rings. The Morgan fingerprint density at radius 1 is 1.19 bits per heavy atom. The molecular formula is C18H13N5O3. The van der Waals surface area contributed by atoms with Crippen molar-refractivity contribution in [3.63, 3.8) is 0 Å². The highest BCUT2D eigenvalue weighted by atomic mass is 16.4. The number of nitrogens with one attached hydrogen (secondary N) is 1. The first-order chi connectivity index (χ1) is 12.5. The van der Waals surface area contributed by atoms with E-state index < -0.39 is 11.5 Å². The van der Waals surface area contributed by atoms with Crippen molar-refractivity contribution in [1.82, 2.24) is 9.78 Å². The molecule has 128 valence electrons. The molecule has 3 aromatic rings. The Morgan fingerprint density at radius 2 is 1.92 bits per heavy atom. The summed E-state index contributed by atoms with van der Waals surface area (Å²) < 4.78 is 1.20. The molecule has 0 unspecified atom stereocenters. The SMILES string of the molecule is Cc1ccc(C(=O)O)cc1N=Nc1c(C#N)[nH]n(-c2ccccc2)c1=O. The number of azo groups is 1. The summed E-state index contributed by atoms with van der Waals surface area (Å²) in [6, 6.07) is 15.0. The van der Waals surface area contributed by atoms with Crippen LogP contribution < -0.4 is 5.56 Å². The van der Waals surface area contributed by atoms with E-state index in [9.17, 15) is 14.9 Å². The minimum absolute atomic E-state index is 0.0327. The van der Waals surface area contributed by atoms with Gasteiger partial charge in [0.25, 0.3) is 5.56 Å². The van der Waals surface area contributed by atoms with Gasteiger partial charge in [-0.25, -0.2) is 9.48 Å². The van der Waals surface area contributed by atoms with Crippen LogP contribution in [0.2, 0.25) is 0 Å². The number of hydrogen-bond acceptors (Lipinski definition) is 5. The first kappa shape index (κ1) is 16.9. The Morgan fingerprint density at radius 3 is 2.58 bits per heavy atom. The van der Waals surface area contributed by atoms with Crippen molar-refractivity contribution in [1.29, 1.82) is 5.26 Å². The summed E-state index contributed by atoms with van der Waals surface area (Å²) in [5.41, 5.74) is 0.909. The van der Waals surface area contributed by atoms with Crippen LogP contribution in [0.1, 0.15) is 21.6 Å². The lowest BCUT2D eigenvalue weighted by atomic mass is 10.1. The summed E-state index contributed by atoms with van der Waals surface area (Å²) >= 11 is 0. The molecule has 8 heteroatoms. The van der Waals surface area contributed by atoms with Gasteiger partial charge in [-0.1, -0.05) is 24.3 Å². The summed E-state index contributed by atoms with van der Waals surface area (Å²) in [7, 11) is 0. The second kappa shape index (κ2) is 6.86. The molecule has 0 aliphatic rings. The number of hydrogen-bond donors (Lipinski definition) is 2. The lowest BCUT2D eigenvalue weighted by Gasteiger charge is -2.00. The monoisotopic (exact) mass is 347 g/mol. The van der Waals surface area contributed by atoms with Crippen LogP contribution in [0.4, 0.5) is 11.4 Å². The van der Waals surface area contributed by atoms with E-state index in [-0.39, 0.29) is 16.9 Å². The number of carbonyl (C=O) groups is 1. The number of nitrogens with zero attached hydrogens (tertiary/aromatic N) is 4. The van der Waals surface area contributed by atoms with Crippen molar-refractivity contribution in [3.8, 4) is 11.8 Å². The van der Waals surface area contributed by atoms with Crippen LogP contribution in [0.5, 0.6) is 0 Å². The number of para-hydroxylation sites is 1. The molecule has 0 saturated heterocycles. The molecule has 0 saturated carbocycles. The van der Waals surface area contributed by atoms with Crippen LogP contribution >= 0.6 is 0 Å². The Kier molecular flexibility index (Phi) is 4.45. The van der Waals surface area contributed by atoms with Gasteiger partial charge in [0.15, 0.2) is 11.4 Å². The number of aromatic carboxylic acids is 1. The maximum atomic E-state index is 12.6. The van der Waals surface area contributed by atoms with Gasteiger partial charge in [0.05, 0.1) is 16.9 Å². The maximum Gasteiger partial charge on any atom is 0.335 e. The first-order valence-electron chi connectivity index (χ1n) is 7.57. The second-order valence-electron chi connectivity index (χ2n) is 5.43. The lowest BCUT2D eigenvalue weighted by molar-refractivity contribution is 0.0697. The van der Waals surface area contributed by atoms with E-state index in [0.717, 1.165) is 0 Å². The topological polar surface area (TPSA) is 124 Å². The first-order valence-corrected chi connectivity index (χ1v) is 7.57. The third kappa shape index (κ3) is 3.14. The summed E-state index contributed by atoms with van der Waals surface area (Å²) in [4.78, 5) is 23.6. The maximum absolute atomic E-state index is 12.6. The van der Waals surface area contributed by atoms with Crippen molar-refractivity contribution < 1.29 is 9.90 Å². The van der Waals surface area contributed by atoms with Gasteiger partial charge in [-0.05, 0) is 36.8 Å². The van der Waals surface area contributed by atoms with E-state index in [1.807, 2.05) is 12.1 Å². The zero-order valence-electron chi connectivity index (χ0n) is 13.7. The molecule has 3 rings (SSSR count). The van der Waals surface area contributed by atoms with Gasteiger partial charge in [-0.15, -0.1) is 10.2 Å². The van der Waals surface area contributed by atoms with Crippen molar-refractivity contribution >= 4 is 17.3 Å². The van der Waals surface area contributed by atoms with E-state index in [4.69, 9.17) is 5.11 Å². The summed E-state index contributed by atoms with van der Waals surface area (Å²) in [6.45, 7) is 1.74. The summed E-state index contributed by atoms with van der Waals surface area (Å²) in [5, 5.41) is 28.9. The molecule has 0 spiro atoms. The van der Waals surface area contributed by atoms with E-state index in [0.29, 0.717) is 16.9 Å². The number of carboxylic acid groups (broad SMARTS) is 1. The predicted molar refractivity (Wildman–Crippen MR) is 93.4 cm³/mol. The Bertz CT molecular complexity index is 1100. The van der Waals surface area contributed by atoms with Crippen LogP contribution in [0, 0.1) is 18.3 Å². The minimum atomic E-state index is -1.09. The molecule has 0 aliphatic carbocycles. The molecule has 2 N–H and O–H groups in total. The second-order valence-corrected chi connectivity index (χ2v) is 5.43. The molecule has 26 heavy (non-hydrogen) atoms. The van der Waals surface area contributed by atoms with Gasteiger partial charge in [0, 0.05) is 0 Å². The van der Waals surface area contributed by atoms with Crippen LogP contribution in [-0.2, 0) is 0 Å². The molecule has 0 bridgehead atoms.